The molecule has 0 unspecified atom stereocenters. The van der Waals surface area contributed by atoms with Crippen LogP contribution in [0.5, 0.6) is 0 Å². The molecule has 0 bridgehead atoms. The van der Waals surface area contributed by atoms with Crippen LogP contribution in [-0.4, -0.2) is 46.5 Å². The van der Waals surface area contributed by atoms with Crippen molar-refractivity contribution >= 4 is 23.6 Å². The highest BCUT2D eigenvalue weighted by molar-refractivity contribution is 8.00. The summed E-state index contributed by atoms with van der Waals surface area (Å²) in [5.41, 5.74) is 2.42. The number of hydrogen-bond acceptors (Lipinski definition) is 3. The molecular formula is C19H26N2O2S. The van der Waals surface area contributed by atoms with Crippen LogP contribution in [0.25, 0.3) is 0 Å². The molecule has 1 aliphatic heterocycles. The standard InChI is InChI=1S/C19H26N2O2S/c1-13(2)20(18(23)15-8-9-15)10-11-21-17(22)12-24-19(21)16-7-5-4-6-14(16)3/h4-7,13,15,19H,8-12H2,1-3H3/t19-/m1/s1. The van der Waals surface area contributed by atoms with Gasteiger partial charge >= 0.3 is 0 Å². The Kier molecular flexibility index (Phi) is 5.18. The fraction of sp³-hybridized carbons (Fsp3) is 0.579. The summed E-state index contributed by atoms with van der Waals surface area (Å²) < 4.78 is 0. The number of rotatable bonds is 6. The Labute approximate surface area is 148 Å². The lowest BCUT2D eigenvalue weighted by Crippen LogP contribution is -2.44. The first-order valence-electron chi connectivity index (χ1n) is 8.76. The van der Waals surface area contributed by atoms with Gasteiger partial charge < -0.3 is 9.80 Å². The Bertz CT molecular complexity index is 628. The number of aryl methyl sites for hydroxylation is 1. The zero-order chi connectivity index (χ0) is 17.3. The SMILES string of the molecule is Cc1ccccc1[C@H]1SCC(=O)N1CCN(C(=O)C1CC1)C(C)C. The first-order chi connectivity index (χ1) is 11.5. The van der Waals surface area contributed by atoms with Crippen molar-refractivity contribution in [2.24, 2.45) is 5.92 Å². The van der Waals surface area contributed by atoms with Crippen LogP contribution in [0.4, 0.5) is 0 Å². The molecule has 24 heavy (non-hydrogen) atoms. The fourth-order valence-corrected chi connectivity index (χ4v) is 4.53. The fourth-order valence-electron chi connectivity index (χ4n) is 3.22. The summed E-state index contributed by atoms with van der Waals surface area (Å²) in [5, 5.41) is 0.0729. The average molecular weight is 346 g/mol. The topological polar surface area (TPSA) is 40.6 Å². The highest BCUT2D eigenvalue weighted by Gasteiger charge is 2.37. The molecule has 1 aliphatic carbocycles. The van der Waals surface area contributed by atoms with E-state index < -0.39 is 0 Å². The van der Waals surface area contributed by atoms with Gasteiger partial charge in [0, 0.05) is 25.0 Å². The van der Waals surface area contributed by atoms with E-state index in [4.69, 9.17) is 0 Å². The van der Waals surface area contributed by atoms with Crippen LogP contribution >= 0.6 is 11.8 Å². The van der Waals surface area contributed by atoms with Gasteiger partial charge in [0.05, 0.1) is 5.75 Å². The predicted octanol–water partition coefficient (Wildman–Crippen LogP) is 3.22. The molecule has 1 saturated carbocycles. The van der Waals surface area contributed by atoms with E-state index >= 15 is 0 Å². The van der Waals surface area contributed by atoms with Crippen molar-refractivity contribution < 1.29 is 9.59 Å². The Morgan fingerprint density at radius 2 is 2.04 bits per heavy atom. The summed E-state index contributed by atoms with van der Waals surface area (Å²) in [6, 6.07) is 8.43. The smallest absolute Gasteiger partial charge is 0.233 e. The van der Waals surface area contributed by atoms with Gasteiger partial charge in [-0.2, -0.15) is 0 Å². The zero-order valence-electron chi connectivity index (χ0n) is 14.7. The summed E-state index contributed by atoms with van der Waals surface area (Å²) in [7, 11) is 0. The van der Waals surface area contributed by atoms with Crippen molar-refractivity contribution in [1.29, 1.82) is 0 Å². The minimum atomic E-state index is 0.0729. The van der Waals surface area contributed by atoms with Crippen molar-refractivity contribution in [2.75, 3.05) is 18.8 Å². The molecular weight excluding hydrogens is 320 g/mol. The lowest BCUT2D eigenvalue weighted by Gasteiger charge is -2.31. The molecule has 3 rings (SSSR count). The first kappa shape index (κ1) is 17.3. The van der Waals surface area contributed by atoms with Crippen molar-refractivity contribution in [1.82, 2.24) is 9.80 Å². The third-order valence-electron chi connectivity index (χ3n) is 4.84. The Morgan fingerprint density at radius 3 is 2.67 bits per heavy atom. The lowest BCUT2D eigenvalue weighted by molar-refractivity contribution is -0.136. The van der Waals surface area contributed by atoms with Gasteiger partial charge in [0.25, 0.3) is 0 Å². The predicted molar refractivity (Wildman–Crippen MR) is 97.7 cm³/mol. The first-order valence-corrected chi connectivity index (χ1v) is 9.81. The number of carbonyl (C=O) groups excluding carboxylic acids is 2. The summed E-state index contributed by atoms with van der Waals surface area (Å²) in [6.45, 7) is 7.44. The maximum atomic E-state index is 12.5. The molecule has 1 saturated heterocycles. The van der Waals surface area contributed by atoms with Crippen LogP contribution in [-0.2, 0) is 9.59 Å². The molecule has 1 aromatic rings. The molecule has 130 valence electrons. The van der Waals surface area contributed by atoms with Gasteiger partial charge in [-0.3, -0.25) is 9.59 Å². The third-order valence-corrected chi connectivity index (χ3v) is 6.08. The van der Waals surface area contributed by atoms with E-state index in [9.17, 15) is 9.59 Å². The number of hydrogen-bond donors (Lipinski definition) is 0. The molecule has 4 nitrogen and oxygen atoms in total. The molecule has 0 N–H and O–H groups in total. The van der Waals surface area contributed by atoms with Gasteiger partial charge in [-0.05, 0) is 44.7 Å². The molecule has 1 heterocycles. The Morgan fingerprint density at radius 1 is 1.33 bits per heavy atom. The number of benzene rings is 1. The number of nitrogens with zero attached hydrogens (tertiary/aromatic N) is 2. The van der Waals surface area contributed by atoms with E-state index in [-0.39, 0.29) is 29.1 Å². The average Bonchev–Trinajstić information content (AvgIpc) is 3.33. The van der Waals surface area contributed by atoms with Gasteiger partial charge in [-0.1, -0.05) is 24.3 Å². The van der Waals surface area contributed by atoms with E-state index in [2.05, 4.69) is 32.9 Å². The van der Waals surface area contributed by atoms with Crippen LogP contribution in [0, 0.1) is 12.8 Å². The molecule has 5 heteroatoms. The second-order valence-corrected chi connectivity index (χ2v) is 8.08. The summed E-state index contributed by atoms with van der Waals surface area (Å²) >= 11 is 1.69. The van der Waals surface area contributed by atoms with Crippen molar-refractivity contribution in [3.8, 4) is 0 Å². The molecule has 1 atom stereocenters. The molecule has 1 aromatic carbocycles. The second kappa shape index (κ2) is 7.18. The zero-order valence-corrected chi connectivity index (χ0v) is 15.5. The van der Waals surface area contributed by atoms with E-state index in [1.54, 1.807) is 11.8 Å². The molecule has 2 amide bonds. The van der Waals surface area contributed by atoms with E-state index in [0.29, 0.717) is 18.8 Å². The second-order valence-electron chi connectivity index (χ2n) is 7.01. The van der Waals surface area contributed by atoms with Crippen LogP contribution < -0.4 is 0 Å². The van der Waals surface area contributed by atoms with Gasteiger partial charge in [0.15, 0.2) is 0 Å². The van der Waals surface area contributed by atoms with E-state index in [1.807, 2.05) is 21.9 Å². The maximum Gasteiger partial charge on any atom is 0.233 e. The van der Waals surface area contributed by atoms with E-state index in [0.717, 1.165) is 12.8 Å². The minimum absolute atomic E-state index is 0.0729. The van der Waals surface area contributed by atoms with Crippen LogP contribution in [0.3, 0.4) is 0 Å². The maximum absolute atomic E-state index is 12.5. The van der Waals surface area contributed by atoms with Gasteiger partial charge in [0.2, 0.25) is 11.8 Å². The number of amides is 2. The minimum Gasteiger partial charge on any atom is -0.338 e. The normalized spacial score (nSPS) is 20.8. The van der Waals surface area contributed by atoms with Crippen molar-refractivity contribution in [3.63, 3.8) is 0 Å². The van der Waals surface area contributed by atoms with Crippen molar-refractivity contribution in [3.05, 3.63) is 35.4 Å². The highest BCUT2D eigenvalue weighted by Crippen LogP contribution is 2.39. The van der Waals surface area contributed by atoms with Crippen LogP contribution in [0.2, 0.25) is 0 Å². The quantitative estimate of drug-likeness (QED) is 0.794. The Balaban J connectivity index is 1.70. The molecule has 0 radical (unpaired) electrons. The van der Waals surface area contributed by atoms with Crippen LogP contribution in [0.1, 0.15) is 43.2 Å². The molecule has 0 spiro atoms. The monoisotopic (exact) mass is 346 g/mol. The Hall–Kier alpha value is -1.49. The van der Waals surface area contributed by atoms with Crippen LogP contribution in [0.15, 0.2) is 24.3 Å². The third kappa shape index (κ3) is 3.61. The summed E-state index contributed by atoms with van der Waals surface area (Å²) in [4.78, 5) is 28.7. The lowest BCUT2D eigenvalue weighted by atomic mass is 10.1. The highest BCUT2D eigenvalue weighted by atomic mass is 32.2. The molecule has 2 aliphatic rings. The van der Waals surface area contributed by atoms with Gasteiger partial charge in [0.1, 0.15) is 5.37 Å². The number of carbonyl (C=O) groups is 2. The van der Waals surface area contributed by atoms with Gasteiger partial charge in [-0.15, -0.1) is 11.8 Å². The largest absolute Gasteiger partial charge is 0.338 e. The summed E-state index contributed by atoms with van der Waals surface area (Å²) in [5.74, 6) is 1.19. The summed E-state index contributed by atoms with van der Waals surface area (Å²) in [6.07, 6.45) is 2.04. The number of thioether (sulfide) groups is 1. The molecule has 2 fully saturated rings. The van der Waals surface area contributed by atoms with E-state index in [1.165, 1.54) is 11.1 Å². The molecule has 0 aromatic heterocycles. The van der Waals surface area contributed by atoms with Crippen molar-refractivity contribution in [2.45, 2.75) is 45.0 Å². The van der Waals surface area contributed by atoms with Gasteiger partial charge in [-0.25, -0.2) is 0 Å².